The summed E-state index contributed by atoms with van der Waals surface area (Å²) in [5, 5.41) is 2.77. The van der Waals surface area contributed by atoms with Crippen molar-refractivity contribution in [3.63, 3.8) is 0 Å². The zero-order valence-electron chi connectivity index (χ0n) is 30.1. The van der Waals surface area contributed by atoms with E-state index in [4.69, 9.17) is 14.5 Å². The van der Waals surface area contributed by atoms with E-state index < -0.39 is 57.3 Å². The second kappa shape index (κ2) is 14.2. The molecule has 4 aliphatic rings. The highest BCUT2D eigenvalue weighted by molar-refractivity contribution is 7.87. The molecular formula is C36H50N6O8S. The topological polar surface area (TPSA) is 169 Å². The molecule has 1 saturated heterocycles. The lowest BCUT2D eigenvalue weighted by Gasteiger charge is -2.30. The molecule has 14 nitrogen and oxygen atoms in total. The first kappa shape index (κ1) is 36.8. The summed E-state index contributed by atoms with van der Waals surface area (Å²) in [6.07, 6.45) is 8.04. The number of ether oxygens (including phenoxy) is 2. The number of nitrogens with zero attached hydrogens (tertiary/aromatic N) is 4. The van der Waals surface area contributed by atoms with E-state index in [2.05, 4.69) is 14.6 Å². The maximum atomic E-state index is 14.5. The molecule has 0 unspecified atom stereocenters. The van der Waals surface area contributed by atoms with Crippen molar-refractivity contribution in [2.45, 2.75) is 115 Å². The van der Waals surface area contributed by atoms with Crippen LogP contribution in [0.15, 0.2) is 36.4 Å². The van der Waals surface area contributed by atoms with Gasteiger partial charge in [-0.25, -0.2) is 9.52 Å². The number of ketones is 1. The number of amides is 3. The maximum Gasteiger partial charge on any atom is 0.408 e. The van der Waals surface area contributed by atoms with E-state index in [1.807, 2.05) is 36.4 Å². The number of aromatic nitrogens is 2. The maximum absolute atomic E-state index is 14.5. The van der Waals surface area contributed by atoms with E-state index in [1.165, 1.54) is 19.0 Å². The zero-order chi connectivity index (χ0) is 36.7. The van der Waals surface area contributed by atoms with Crippen LogP contribution in [0.3, 0.4) is 0 Å². The number of allylic oxidation sites excluding steroid dienone is 2. The van der Waals surface area contributed by atoms with Crippen LogP contribution >= 0.6 is 0 Å². The minimum atomic E-state index is -4.11. The van der Waals surface area contributed by atoms with Crippen LogP contribution < -0.4 is 14.8 Å². The summed E-state index contributed by atoms with van der Waals surface area (Å²) in [5.74, 6) is -1.88. The normalized spacial score (nSPS) is 28.3. The number of fused-ring (bicyclic) bond motifs is 3. The molecule has 2 aromatic rings. The predicted octanol–water partition coefficient (Wildman–Crippen LogP) is 4.02. The van der Waals surface area contributed by atoms with E-state index in [0.29, 0.717) is 25.3 Å². The summed E-state index contributed by atoms with van der Waals surface area (Å²) in [6.45, 7) is 5.29. The summed E-state index contributed by atoms with van der Waals surface area (Å²) in [5.41, 5.74) is -0.328. The molecule has 0 bridgehead atoms. The van der Waals surface area contributed by atoms with Crippen LogP contribution in [0.5, 0.6) is 6.01 Å². The van der Waals surface area contributed by atoms with E-state index in [0.717, 1.165) is 47.4 Å². The van der Waals surface area contributed by atoms with Gasteiger partial charge in [-0.05, 0) is 77.3 Å². The first-order valence-corrected chi connectivity index (χ1v) is 19.4. The monoisotopic (exact) mass is 726 g/mol. The molecule has 3 heterocycles. The third-order valence-corrected chi connectivity index (χ3v) is 11.6. The highest BCUT2D eigenvalue weighted by Gasteiger charge is 2.61. The minimum absolute atomic E-state index is 0.0626. The number of alkyl carbamates (subject to hydrolysis) is 1. The lowest BCUT2D eigenvalue weighted by Crippen LogP contribution is -2.53. The SMILES string of the molecule is CN(C)S(=O)(=O)NC(=O)[C@]12CC(=O)[C@@H]3C[C@@H](Oc4nc5ccccc5n4C4CC4)CN3C(=O)[C@@H](NC(=O)OC(C)(C)C)CCCCC/C=C\[C@H]1C2. The number of carbonyl (C=O) groups excluding carboxylic acids is 4. The van der Waals surface area contributed by atoms with Gasteiger partial charge in [0.2, 0.25) is 11.8 Å². The van der Waals surface area contributed by atoms with Gasteiger partial charge in [0, 0.05) is 33.0 Å². The van der Waals surface area contributed by atoms with Crippen molar-refractivity contribution in [1.82, 2.24) is 28.8 Å². The Hall–Kier alpha value is -3.98. The van der Waals surface area contributed by atoms with Gasteiger partial charge in [-0.2, -0.15) is 17.7 Å². The average molecular weight is 727 g/mol. The fourth-order valence-electron chi connectivity index (χ4n) is 7.20. The number of benzene rings is 1. The quantitative estimate of drug-likeness (QED) is 0.401. The van der Waals surface area contributed by atoms with Crippen molar-refractivity contribution in [1.29, 1.82) is 0 Å². The van der Waals surface area contributed by atoms with Crippen molar-refractivity contribution < 1.29 is 37.1 Å². The molecule has 2 aliphatic carbocycles. The van der Waals surface area contributed by atoms with Gasteiger partial charge in [0.15, 0.2) is 5.78 Å². The van der Waals surface area contributed by atoms with E-state index in [-0.39, 0.29) is 37.1 Å². The molecule has 1 aromatic carbocycles. The Labute approximate surface area is 299 Å². The number of carbonyl (C=O) groups is 4. The predicted molar refractivity (Wildman–Crippen MR) is 189 cm³/mol. The first-order chi connectivity index (χ1) is 24.1. The summed E-state index contributed by atoms with van der Waals surface area (Å²) >= 11 is 0. The highest BCUT2D eigenvalue weighted by atomic mass is 32.2. The molecule has 1 aromatic heterocycles. The van der Waals surface area contributed by atoms with Crippen molar-refractivity contribution in [3.8, 4) is 6.01 Å². The summed E-state index contributed by atoms with van der Waals surface area (Å²) in [4.78, 5) is 61.7. The summed E-state index contributed by atoms with van der Waals surface area (Å²) < 4.78 is 42.6. The van der Waals surface area contributed by atoms with Crippen molar-refractivity contribution >= 4 is 44.9 Å². The molecule has 51 heavy (non-hydrogen) atoms. The number of rotatable bonds is 7. The van der Waals surface area contributed by atoms with Crippen LogP contribution in [0.2, 0.25) is 0 Å². The van der Waals surface area contributed by atoms with Gasteiger partial charge in [0.1, 0.15) is 17.7 Å². The van der Waals surface area contributed by atoms with Crippen LogP contribution in [-0.2, 0) is 29.3 Å². The average Bonchev–Trinajstić information content (AvgIpc) is 3.93. The lowest BCUT2D eigenvalue weighted by atomic mass is 9.91. The first-order valence-electron chi connectivity index (χ1n) is 18.0. The molecule has 5 atom stereocenters. The van der Waals surface area contributed by atoms with Gasteiger partial charge in [0.05, 0.1) is 29.0 Å². The standard InChI is InChI=1S/C36H50N6O8S/c1-35(2,3)50-34(46)38-27-15-10-8-6-7-9-13-23-20-36(23,32(45)39-51(47,48)40(4)5)21-30(43)29-19-25(22-41(29)31(27)44)49-33-37-26-14-11-12-16-28(26)42(33)24-17-18-24/h9,11-14,16,23-25,27,29H,6-8,10,15,17-22H2,1-5H3,(H,38,46)(H,39,45)/b13-9-/t23-,25+,27-,29-,36+/m0/s1. The Balaban J connectivity index is 1.32. The molecule has 0 spiro atoms. The Morgan fingerprint density at radius 3 is 2.51 bits per heavy atom. The molecule has 2 saturated carbocycles. The van der Waals surface area contributed by atoms with E-state index in [9.17, 15) is 27.6 Å². The van der Waals surface area contributed by atoms with Crippen LogP contribution in [0, 0.1) is 11.3 Å². The largest absolute Gasteiger partial charge is 0.459 e. The molecule has 2 aliphatic heterocycles. The molecule has 3 fully saturated rings. The smallest absolute Gasteiger partial charge is 0.408 e. The van der Waals surface area contributed by atoms with E-state index in [1.54, 1.807) is 20.8 Å². The van der Waals surface area contributed by atoms with Gasteiger partial charge in [-0.1, -0.05) is 37.1 Å². The second-order valence-corrected chi connectivity index (χ2v) is 17.4. The molecule has 3 amide bonds. The fraction of sp³-hybridized carbons (Fsp3) is 0.639. The Bertz CT molecular complexity index is 1810. The molecule has 15 heteroatoms. The second-order valence-electron chi connectivity index (χ2n) is 15.6. The Kier molecular flexibility index (Phi) is 10.3. The van der Waals surface area contributed by atoms with Crippen LogP contribution in [0.4, 0.5) is 4.79 Å². The number of para-hydroxylation sites is 2. The molecule has 2 N–H and O–H groups in total. The molecule has 0 radical (unpaired) electrons. The highest BCUT2D eigenvalue weighted by Crippen LogP contribution is 2.57. The molecular weight excluding hydrogens is 676 g/mol. The lowest BCUT2D eigenvalue weighted by molar-refractivity contribution is -0.140. The van der Waals surface area contributed by atoms with Gasteiger partial charge in [-0.3, -0.25) is 19.0 Å². The summed E-state index contributed by atoms with van der Waals surface area (Å²) in [6, 6.07) is 6.51. The molecule has 6 rings (SSSR count). The Morgan fingerprint density at radius 1 is 1.06 bits per heavy atom. The number of hydrogen-bond donors (Lipinski definition) is 2. The third kappa shape index (κ3) is 8.24. The van der Waals surface area contributed by atoms with Crippen LogP contribution in [0.25, 0.3) is 11.0 Å². The zero-order valence-corrected chi connectivity index (χ0v) is 30.9. The van der Waals surface area contributed by atoms with Crippen molar-refractivity contribution in [2.24, 2.45) is 11.3 Å². The van der Waals surface area contributed by atoms with Gasteiger partial charge >= 0.3 is 16.3 Å². The van der Waals surface area contributed by atoms with Gasteiger partial charge in [-0.15, -0.1) is 0 Å². The number of Topliss-reactive ketones (excluding diaryl/α,β-unsaturated/α-hetero) is 1. The number of imidazole rings is 1. The Morgan fingerprint density at radius 2 is 1.80 bits per heavy atom. The summed E-state index contributed by atoms with van der Waals surface area (Å²) in [7, 11) is -1.47. The van der Waals surface area contributed by atoms with Crippen molar-refractivity contribution in [2.75, 3.05) is 20.6 Å². The minimum Gasteiger partial charge on any atom is -0.459 e. The van der Waals surface area contributed by atoms with Crippen molar-refractivity contribution in [3.05, 3.63) is 36.4 Å². The van der Waals surface area contributed by atoms with Crippen LogP contribution in [0.1, 0.15) is 91.0 Å². The number of hydrogen-bond acceptors (Lipinski definition) is 9. The molecule has 278 valence electrons. The van der Waals surface area contributed by atoms with Gasteiger partial charge in [0.25, 0.3) is 6.01 Å². The number of nitrogens with one attached hydrogen (secondary N) is 2. The van der Waals surface area contributed by atoms with E-state index >= 15 is 0 Å². The third-order valence-electron chi connectivity index (χ3n) is 10.2. The fourth-order valence-corrected chi connectivity index (χ4v) is 7.82. The van der Waals surface area contributed by atoms with Crippen LogP contribution in [-0.4, -0.2) is 95.3 Å². The van der Waals surface area contributed by atoms with Gasteiger partial charge < -0.3 is 19.7 Å².